The highest BCUT2D eigenvalue weighted by Crippen LogP contribution is 2.17. The lowest BCUT2D eigenvalue weighted by molar-refractivity contribution is -0.120. The summed E-state index contributed by atoms with van der Waals surface area (Å²) in [5.41, 5.74) is 1.55. The van der Waals surface area contributed by atoms with Crippen molar-refractivity contribution in [3.63, 3.8) is 0 Å². The van der Waals surface area contributed by atoms with Crippen LogP contribution in [0.2, 0.25) is 0 Å². The van der Waals surface area contributed by atoms with Crippen LogP contribution in [0, 0.1) is 5.82 Å². The Balaban J connectivity index is 1.48. The Labute approximate surface area is 165 Å². The average Bonchev–Trinajstić information content (AvgIpc) is 3.14. The van der Waals surface area contributed by atoms with E-state index in [4.69, 9.17) is 0 Å². The molecule has 0 saturated carbocycles. The van der Waals surface area contributed by atoms with E-state index in [0.29, 0.717) is 22.0 Å². The van der Waals surface area contributed by atoms with Gasteiger partial charge in [-0.25, -0.2) is 9.37 Å². The minimum Gasteiger partial charge on any atom is -0.387 e. The molecule has 0 aliphatic heterocycles. The van der Waals surface area contributed by atoms with Crippen LogP contribution in [-0.4, -0.2) is 28.4 Å². The van der Waals surface area contributed by atoms with Crippen LogP contribution in [0.5, 0.6) is 0 Å². The minimum atomic E-state index is -0.930. The van der Waals surface area contributed by atoms with Crippen LogP contribution in [0.25, 0.3) is 0 Å². The van der Waals surface area contributed by atoms with Crippen molar-refractivity contribution in [2.75, 3.05) is 11.9 Å². The Hall–Kier alpha value is -3.10. The molecule has 2 aromatic carbocycles. The number of benzene rings is 2. The number of anilines is 1. The summed E-state index contributed by atoms with van der Waals surface area (Å²) in [7, 11) is 0. The van der Waals surface area contributed by atoms with Gasteiger partial charge in [0.2, 0.25) is 5.91 Å². The van der Waals surface area contributed by atoms with Gasteiger partial charge in [-0.05, 0) is 29.8 Å². The normalized spacial score (nSPS) is 11.6. The molecule has 1 heterocycles. The summed E-state index contributed by atoms with van der Waals surface area (Å²) in [6.45, 7) is 0.00615. The first-order valence-corrected chi connectivity index (χ1v) is 9.40. The fourth-order valence-electron chi connectivity index (χ4n) is 2.44. The molecule has 0 aliphatic carbocycles. The van der Waals surface area contributed by atoms with Gasteiger partial charge < -0.3 is 10.4 Å². The van der Waals surface area contributed by atoms with Crippen molar-refractivity contribution in [2.45, 2.75) is 12.5 Å². The molecule has 144 valence electrons. The number of nitrogens with zero attached hydrogens (tertiary/aromatic N) is 1. The second-order valence-electron chi connectivity index (χ2n) is 6.01. The lowest BCUT2D eigenvalue weighted by Crippen LogP contribution is -2.29. The Kier molecular flexibility index (Phi) is 6.46. The third-order valence-electron chi connectivity index (χ3n) is 3.90. The van der Waals surface area contributed by atoms with Gasteiger partial charge in [0.1, 0.15) is 5.82 Å². The number of carbonyl (C=O) groups is 2. The van der Waals surface area contributed by atoms with E-state index < -0.39 is 11.9 Å². The van der Waals surface area contributed by atoms with Crippen molar-refractivity contribution < 1.29 is 19.1 Å². The first kappa shape index (κ1) is 19.7. The third-order valence-corrected chi connectivity index (χ3v) is 4.70. The molecular weight excluding hydrogens is 381 g/mol. The van der Waals surface area contributed by atoms with E-state index in [1.165, 1.54) is 35.6 Å². The Morgan fingerprint density at radius 1 is 1.11 bits per heavy atom. The largest absolute Gasteiger partial charge is 0.387 e. The first-order chi connectivity index (χ1) is 13.5. The fraction of sp³-hybridized carbons (Fsp3) is 0.150. The van der Waals surface area contributed by atoms with Gasteiger partial charge in [-0.1, -0.05) is 30.3 Å². The van der Waals surface area contributed by atoms with E-state index in [0.717, 1.165) is 0 Å². The van der Waals surface area contributed by atoms with Crippen LogP contribution in [0.1, 0.15) is 27.7 Å². The Morgan fingerprint density at radius 2 is 1.82 bits per heavy atom. The van der Waals surface area contributed by atoms with Crippen LogP contribution < -0.4 is 10.6 Å². The highest BCUT2D eigenvalue weighted by molar-refractivity contribution is 7.14. The number of hydrogen-bond acceptors (Lipinski definition) is 5. The number of hydrogen-bond donors (Lipinski definition) is 3. The zero-order chi connectivity index (χ0) is 19.9. The molecule has 0 aliphatic rings. The van der Waals surface area contributed by atoms with Crippen molar-refractivity contribution in [2.24, 2.45) is 0 Å². The lowest BCUT2D eigenvalue weighted by Gasteiger charge is -2.12. The van der Waals surface area contributed by atoms with Crippen LogP contribution in [0.3, 0.4) is 0 Å². The number of aliphatic hydroxyl groups is 1. The highest BCUT2D eigenvalue weighted by Gasteiger charge is 2.13. The molecule has 3 rings (SSSR count). The first-order valence-electron chi connectivity index (χ1n) is 8.52. The molecule has 3 N–H and O–H groups in total. The summed E-state index contributed by atoms with van der Waals surface area (Å²) in [5.74, 6) is -0.973. The number of nitrogens with one attached hydrogen (secondary N) is 2. The molecule has 1 unspecified atom stereocenters. The quantitative estimate of drug-likeness (QED) is 0.570. The molecule has 2 amide bonds. The summed E-state index contributed by atoms with van der Waals surface area (Å²) in [6.07, 6.45) is -0.908. The number of amides is 2. The van der Waals surface area contributed by atoms with Crippen LogP contribution >= 0.6 is 11.3 Å². The lowest BCUT2D eigenvalue weighted by atomic mass is 10.1. The number of thiazole rings is 1. The Bertz CT molecular complexity index is 945. The number of carbonyl (C=O) groups excluding carboxylic acids is 2. The molecule has 6 nitrogen and oxygen atoms in total. The summed E-state index contributed by atoms with van der Waals surface area (Å²) in [6, 6.07) is 14.2. The molecule has 0 spiro atoms. The smallest absolute Gasteiger partial charge is 0.257 e. The second-order valence-corrected chi connectivity index (χ2v) is 6.87. The number of halogens is 1. The molecular formula is C20H18FN3O3S. The van der Waals surface area contributed by atoms with Crippen molar-refractivity contribution >= 4 is 28.3 Å². The molecule has 0 bridgehead atoms. The molecule has 0 fully saturated rings. The molecule has 3 aromatic rings. The molecule has 0 saturated heterocycles. The predicted octanol–water partition coefficient (Wildman–Crippen LogP) is 2.93. The van der Waals surface area contributed by atoms with E-state index in [-0.39, 0.29) is 24.8 Å². The standard InChI is InChI=1S/C20H18FN3O3S/c21-15-8-6-13(7-9-15)17(25)11-22-18(26)10-16-12-28-20(23-16)24-19(27)14-4-2-1-3-5-14/h1-9,12,17,25H,10-11H2,(H,22,26)(H,23,24,27). The summed E-state index contributed by atoms with van der Waals surface area (Å²) >= 11 is 1.23. The highest BCUT2D eigenvalue weighted by atomic mass is 32.1. The molecule has 1 atom stereocenters. The van der Waals surface area contributed by atoms with Crippen LogP contribution in [-0.2, 0) is 11.2 Å². The van der Waals surface area contributed by atoms with E-state index in [2.05, 4.69) is 15.6 Å². The topological polar surface area (TPSA) is 91.3 Å². The third kappa shape index (κ3) is 5.45. The van der Waals surface area contributed by atoms with Crippen molar-refractivity contribution in [1.29, 1.82) is 0 Å². The Morgan fingerprint density at radius 3 is 2.54 bits per heavy atom. The average molecular weight is 399 g/mol. The SMILES string of the molecule is O=C(Cc1csc(NC(=O)c2ccccc2)n1)NCC(O)c1ccc(F)cc1. The van der Waals surface area contributed by atoms with Gasteiger partial charge in [-0.3, -0.25) is 14.9 Å². The predicted molar refractivity (Wildman–Crippen MR) is 105 cm³/mol. The van der Waals surface area contributed by atoms with E-state index in [1.54, 1.807) is 29.6 Å². The maximum absolute atomic E-state index is 12.9. The maximum atomic E-state index is 12.9. The molecule has 28 heavy (non-hydrogen) atoms. The number of rotatable bonds is 7. The van der Waals surface area contributed by atoms with E-state index >= 15 is 0 Å². The van der Waals surface area contributed by atoms with E-state index in [1.807, 2.05) is 6.07 Å². The second kappa shape index (κ2) is 9.20. The zero-order valence-electron chi connectivity index (χ0n) is 14.8. The number of aromatic nitrogens is 1. The van der Waals surface area contributed by atoms with Gasteiger partial charge >= 0.3 is 0 Å². The zero-order valence-corrected chi connectivity index (χ0v) is 15.6. The van der Waals surface area contributed by atoms with Crippen LogP contribution in [0.4, 0.5) is 9.52 Å². The van der Waals surface area contributed by atoms with Crippen molar-refractivity contribution in [1.82, 2.24) is 10.3 Å². The van der Waals surface area contributed by atoms with Gasteiger partial charge in [0.15, 0.2) is 5.13 Å². The van der Waals surface area contributed by atoms with Gasteiger partial charge in [-0.2, -0.15) is 0 Å². The van der Waals surface area contributed by atoms with Gasteiger partial charge in [0, 0.05) is 17.5 Å². The van der Waals surface area contributed by atoms with Gasteiger partial charge in [0.25, 0.3) is 5.91 Å². The summed E-state index contributed by atoms with van der Waals surface area (Å²) in [5, 5.41) is 17.4. The molecule has 0 radical (unpaired) electrons. The van der Waals surface area contributed by atoms with Gasteiger partial charge in [-0.15, -0.1) is 11.3 Å². The monoisotopic (exact) mass is 399 g/mol. The summed E-state index contributed by atoms with van der Waals surface area (Å²) < 4.78 is 12.9. The van der Waals surface area contributed by atoms with Crippen LogP contribution in [0.15, 0.2) is 60.0 Å². The van der Waals surface area contributed by atoms with Crippen molar-refractivity contribution in [3.8, 4) is 0 Å². The van der Waals surface area contributed by atoms with Gasteiger partial charge in [0.05, 0.1) is 18.2 Å². The fourth-order valence-corrected chi connectivity index (χ4v) is 3.15. The maximum Gasteiger partial charge on any atom is 0.257 e. The van der Waals surface area contributed by atoms with E-state index in [9.17, 15) is 19.1 Å². The minimum absolute atomic E-state index is 0.00615. The molecule has 8 heteroatoms. The van der Waals surface area contributed by atoms with Crippen molar-refractivity contribution in [3.05, 3.63) is 82.6 Å². The summed E-state index contributed by atoms with van der Waals surface area (Å²) in [4.78, 5) is 28.4. The molecule has 1 aromatic heterocycles. The number of aliphatic hydroxyl groups excluding tert-OH is 1.